The van der Waals surface area contributed by atoms with Crippen LogP contribution < -0.4 is 4.74 Å². The second-order valence-corrected chi connectivity index (χ2v) is 6.69. The largest absolute Gasteiger partial charge is 0.495 e. The number of carbonyl (C=O) groups excluding carboxylic acids is 1. The van der Waals surface area contributed by atoms with E-state index in [4.69, 9.17) is 4.74 Å². The summed E-state index contributed by atoms with van der Waals surface area (Å²) in [6.07, 6.45) is 3.59. The standard InChI is InChI=1S/C24H19FN2O2/c1-16-14-27(15-26-16)22-11-10-18(13-23(22)29-2)24(28)21-9-4-3-8-20(21)17-6-5-7-19(25)12-17/h3-15H,1-2H3. The average Bonchev–Trinajstić information content (AvgIpc) is 3.19. The summed E-state index contributed by atoms with van der Waals surface area (Å²) in [6.45, 7) is 1.91. The average molecular weight is 386 g/mol. The molecule has 0 unspecified atom stereocenters. The molecule has 0 aliphatic heterocycles. The van der Waals surface area contributed by atoms with Crippen molar-refractivity contribution >= 4 is 5.78 Å². The van der Waals surface area contributed by atoms with Gasteiger partial charge in [-0.25, -0.2) is 9.37 Å². The SMILES string of the molecule is COc1cc(C(=O)c2ccccc2-c2cccc(F)c2)ccc1-n1cnc(C)c1. The van der Waals surface area contributed by atoms with Crippen molar-refractivity contribution in [3.05, 3.63) is 102 Å². The van der Waals surface area contributed by atoms with Gasteiger partial charge in [-0.1, -0.05) is 36.4 Å². The molecular weight excluding hydrogens is 367 g/mol. The highest BCUT2D eigenvalue weighted by atomic mass is 19.1. The number of methoxy groups -OCH3 is 1. The lowest BCUT2D eigenvalue weighted by Gasteiger charge is -2.13. The molecule has 0 fully saturated rings. The lowest BCUT2D eigenvalue weighted by atomic mass is 9.93. The number of imidazole rings is 1. The second-order valence-electron chi connectivity index (χ2n) is 6.69. The molecule has 0 saturated carbocycles. The van der Waals surface area contributed by atoms with Crippen LogP contribution in [0.5, 0.6) is 5.75 Å². The normalized spacial score (nSPS) is 10.7. The Hall–Kier alpha value is -3.73. The number of nitrogens with zero attached hydrogens (tertiary/aromatic N) is 2. The van der Waals surface area contributed by atoms with Gasteiger partial charge in [0.15, 0.2) is 5.78 Å². The molecule has 1 heterocycles. The third-order valence-electron chi connectivity index (χ3n) is 4.74. The van der Waals surface area contributed by atoms with Crippen LogP contribution >= 0.6 is 0 Å². The van der Waals surface area contributed by atoms with Crippen LogP contribution in [0.2, 0.25) is 0 Å². The highest BCUT2D eigenvalue weighted by Crippen LogP contribution is 2.29. The topological polar surface area (TPSA) is 44.1 Å². The number of ether oxygens (including phenoxy) is 1. The molecule has 5 heteroatoms. The van der Waals surface area contributed by atoms with Crippen LogP contribution in [0, 0.1) is 12.7 Å². The van der Waals surface area contributed by atoms with E-state index in [-0.39, 0.29) is 11.6 Å². The number of aromatic nitrogens is 2. The summed E-state index contributed by atoms with van der Waals surface area (Å²) in [7, 11) is 1.57. The lowest BCUT2D eigenvalue weighted by Crippen LogP contribution is -2.05. The zero-order chi connectivity index (χ0) is 20.4. The predicted molar refractivity (Wildman–Crippen MR) is 110 cm³/mol. The van der Waals surface area contributed by atoms with Crippen LogP contribution in [0.3, 0.4) is 0 Å². The summed E-state index contributed by atoms with van der Waals surface area (Å²) < 4.78 is 21.1. The van der Waals surface area contributed by atoms with Gasteiger partial charge in [0.25, 0.3) is 0 Å². The van der Waals surface area contributed by atoms with Gasteiger partial charge in [0.2, 0.25) is 0 Å². The number of rotatable bonds is 5. The molecule has 0 saturated heterocycles. The fourth-order valence-electron chi connectivity index (χ4n) is 3.33. The quantitative estimate of drug-likeness (QED) is 0.441. The van der Waals surface area contributed by atoms with Crippen LogP contribution in [0.4, 0.5) is 4.39 Å². The van der Waals surface area contributed by atoms with Gasteiger partial charge < -0.3 is 9.30 Å². The maximum absolute atomic E-state index is 13.7. The molecule has 0 atom stereocenters. The Bertz CT molecular complexity index is 1200. The van der Waals surface area contributed by atoms with Gasteiger partial charge in [-0.15, -0.1) is 0 Å². The molecule has 0 aliphatic carbocycles. The summed E-state index contributed by atoms with van der Waals surface area (Å²) >= 11 is 0. The predicted octanol–water partition coefficient (Wildman–Crippen LogP) is 5.23. The molecule has 144 valence electrons. The minimum absolute atomic E-state index is 0.156. The van der Waals surface area contributed by atoms with E-state index in [1.165, 1.54) is 12.1 Å². The van der Waals surface area contributed by atoms with Crippen molar-refractivity contribution < 1.29 is 13.9 Å². The van der Waals surface area contributed by atoms with Crippen molar-refractivity contribution in [1.82, 2.24) is 9.55 Å². The zero-order valence-electron chi connectivity index (χ0n) is 16.1. The van der Waals surface area contributed by atoms with E-state index >= 15 is 0 Å². The Morgan fingerprint density at radius 3 is 2.59 bits per heavy atom. The van der Waals surface area contributed by atoms with Crippen molar-refractivity contribution in [2.75, 3.05) is 7.11 Å². The maximum Gasteiger partial charge on any atom is 0.193 e. The molecule has 29 heavy (non-hydrogen) atoms. The highest BCUT2D eigenvalue weighted by Gasteiger charge is 2.17. The summed E-state index contributed by atoms with van der Waals surface area (Å²) in [6, 6.07) is 18.8. The van der Waals surface area contributed by atoms with Gasteiger partial charge in [-0.05, 0) is 48.4 Å². The fourth-order valence-corrected chi connectivity index (χ4v) is 3.33. The van der Waals surface area contributed by atoms with Crippen molar-refractivity contribution in [2.24, 2.45) is 0 Å². The third-order valence-corrected chi connectivity index (χ3v) is 4.74. The van der Waals surface area contributed by atoms with Gasteiger partial charge in [0, 0.05) is 17.3 Å². The van der Waals surface area contributed by atoms with Gasteiger partial charge in [0.05, 0.1) is 24.8 Å². The van der Waals surface area contributed by atoms with Gasteiger partial charge in [-0.3, -0.25) is 4.79 Å². The molecular formula is C24H19FN2O2. The first-order chi connectivity index (χ1) is 14.1. The summed E-state index contributed by atoms with van der Waals surface area (Å²) in [4.78, 5) is 17.5. The smallest absolute Gasteiger partial charge is 0.193 e. The molecule has 0 spiro atoms. The number of aryl methyl sites for hydroxylation is 1. The number of halogens is 1. The lowest BCUT2D eigenvalue weighted by molar-refractivity contribution is 0.103. The Morgan fingerprint density at radius 1 is 1.03 bits per heavy atom. The summed E-state index contributed by atoms with van der Waals surface area (Å²) in [5.41, 5.74) is 4.02. The summed E-state index contributed by atoms with van der Waals surface area (Å²) in [5, 5.41) is 0. The minimum Gasteiger partial charge on any atom is -0.495 e. The molecule has 4 rings (SSSR count). The fraction of sp³-hybridized carbons (Fsp3) is 0.0833. The minimum atomic E-state index is -0.341. The van der Waals surface area contributed by atoms with E-state index in [1.54, 1.807) is 49.8 Å². The van der Waals surface area contributed by atoms with Crippen molar-refractivity contribution in [3.63, 3.8) is 0 Å². The molecule has 0 N–H and O–H groups in total. The van der Waals surface area contributed by atoms with E-state index in [0.717, 1.165) is 11.4 Å². The van der Waals surface area contributed by atoms with Gasteiger partial charge in [0.1, 0.15) is 11.6 Å². The van der Waals surface area contributed by atoms with E-state index in [9.17, 15) is 9.18 Å². The first-order valence-electron chi connectivity index (χ1n) is 9.15. The maximum atomic E-state index is 13.7. The third kappa shape index (κ3) is 3.67. The van der Waals surface area contributed by atoms with Gasteiger partial charge in [-0.2, -0.15) is 0 Å². The number of benzene rings is 3. The van der Waals surface area contributed by atoms with Crippen molar-refractivity contribution in [2.45, 2.75) is 6.92 Å². The number of hydrogen-bond acceptors (Lipinski definition) is 3. The molecule has 4 nitrogen and oxygen atoms in total. The Balaban J connectivity index is 1.76. The van der Waals surface area contributed by atoms with E-state index in [1.807, 2.05) is 35.9 Å². The molecule has 0 aliphatic rings. The van der Waals surface area contributed by atoms with Crippen LogP contribution in [0.25, 0.3) is 16.8 Å². The second kappa shape index (κ2) is 7.72. The summed E-state index contributed by atoms with van der Waals surface area (Å²) in [5.74, 6) is 0.0689. The number of carbonyl (C=O) groups is 1. The Morgan fingerprint density at radius 2 is 1.86 bits per heavy atom. The first kappa shape index (κ1) is 18.6. The van der Waals surface area contributed by atoms with E-state index in [0.29, 0.717) is 28.0 Å². The van der Waals surface area contributed by atoms with Crippen LogP contribution in [0.1, 0.15) is 21.6 Å². The van der Waals surface area contributed by atoms with Crippen LogP contribution in [0.15, 0.2) is 79.3 Å². The van der Waals surface area contributed by atoms with Crippen molar-refractivity contribution in [3.8, 4) is 22.6 Å². The highest BCUT2D eigenvalue weighted by molar-refractivity contribution is 6.13. The molecule has 0 amide bonds. The first-order valence-corrected chi connectivity index (χ1v) is 9.15. The van der Waals surface area contributed by atoms with Crippen LogP contribution in [-0.2, 0) is 0 Å². The Kier molecular flexibility index (Phi) is 4.96. The van der Waals surface area contributed by atoms with Crippen molar-refractivity contribution in [1.29, 1.82) is 0 Å². The Labute approximate surface area is 168 Å². The van der Waals surface area contributed by atoms with Gasteiger partial charge >= 0.3 is 0 Å². The zero-order valence-corrected chi connectivity index (χ0v) is 16.1. The van der Waals surface area contributed by atoms with E-state index in [2.05, 4.69) is 4.98 Å². The number of ketones is 1. The number of hydrogen-bond donors (Lipinski definition) is 0. The molecule has 4 aromatic rings. The monoisotopic (exact) mass is 386 g/mol. The molecule has 0 radical (unpaired) electrons. The molecule has 3 aromatic carbocycles. The van der Waals surface area contributed by atoms with E-state index < -0.39 is 0 Å². The molecule has 0 bridgehead atoms. The van der Waals surface area contributed by atoms with Crippen LogP contribution in [-0.4, -0.2) is 22.4 Å². The molecule has 1 aromatic heterocycles.